The average Bonchev–Trinajstić information content (AvgIpc) is 0. The first-order chi connectivity index (χ1) is 0. The van der Waals surface area contributed by atoms with Crippen LogP contribution in [0.25, 0.3) is 0 Å². The van der Waals surface area contributed by atoms with Crippen molar-refractivity contribution in [2.75, 3.05) is 0 Å². The first-order valence-electron chi connectivity index (χ1n) is 0. The second kappa shape index (κ2) is 497. The minimum atomic E-state index is 0. The minimum absolute atomic E-state index is 0. The number of hydrogen-bond donors (Lipinski definition) is 0. The summed E-state index contributed by atoms with van der Waals surface area (Å²) in [6.07, 6.45) is 0. The molecule has 0 fully saturated rings. The van der Waals surface area contributed by atoms with Crippen molar-refractivity contribution in [3.63, 3.8) is 0 Å². The van der Waals surface area contributed by atoms with Gasteiger partial charge >= 0.3 is 0 Å². The molecule has 0 rings (SSSR count). The van der Waals surface area contributed by atoms with Crippen molar-refractivity contribution in [2.24, 2.45) is 0 Å². The van der Waals surface area contributed by atoms with Crippen LogP contribution >= 0.6 is 0 Å². The quantitative estimate of drug-likeness (QED) is 0.307. The molecule has 0 aromatic rings. The second-order valence-electron chi connectivity index (χ2n) is 0. The first-order valence-corrected chi connectivity index (χ1v) is 0. The van der Waals surface area contributed by atoms with Crippen molar-refractivity contribution in [3.8, 4) is 0 Å². The van der Waals surface area contributed by atoms with Crippen LogP contribution in [0.3, 0.4) is 0 Å². The Morgan fingerprint density at radius 1 is 0.0299 bits per heavy atom. The van der Waals surface area contributed by atoms with Gasteiger partial charge in [0.25, 0.3) is 0 Å². The molecule has 0 aliphatic heterocycles. The summed E-state index contributed by atoms with van der Waals surface area (Å²) < 4.78 is 0. The van der Waals surface area contributed by atoms with Gasteiger partial charge < -0.3 is 7.43 Å². The molecule has 0 nitrogen and oxygen atoms in total. The Bertz CT molecular complexity index is 7.50. The third-order valence-electron chi connectivity index (χ3n) is 0. The molecular formula is CH3Y66-. The molecule has 0 saturated carbocycles. The second-order valence-corrected chi connectivity index (χ2v) is 0. The third kappa shape index (κ3) is 490. The van der Waals surface area contributed by atoms with Crippen LogP contribution in [0, 0.1) is 7.43 Å². The molecule has 0 amide bonds. The monoisotopic (exact) mass is 5880 g/mol. The third-order valence-corrected chi connectivity index (χ3v) is 0. The van der Waals surface area contributed by atoms with E-state index in [9.17, 15) is 0 Å². The van der Waals surface area contributed by atoms with Gasteiger partial charge in [0.05, 0.1) is 0 Å². The molecule has 0 aromatic carbocycles. The normalized spacial score (nSPS) is 0. The zero-order valence-electron chi connectivity index (χ0n) is 39.1. The molecule has 0 aromatic heterocycles. The molecule has 0 spiro atoms. The van der Waals surface area contributed by atoms with Crippen molar-refractivity contribution >= 4 is 0 Å². The minimum Gasteiger partial charge on any atom is -0.358 e. The van der Waals surface area contributed by atoms with Gasteiger partial charge in [-0.3, -0.25) is 0 Å². The van der Waals surface area contributed by atoms with Crippen LogP contribution in [0.5, 0.6) is 0 Å². The van der Waals surface area contributed by atoms with Crippen molar-refractivity contribution in [1.29, 1.82) is 0 Å². The molecule has 0 bridgehead atoms. The Labute approximate surface area is 2080 Å². The van der Waals surface area contributed by atoms with Gasteiger partial charge in [0.15, 0.2) is 0 Å². The van der Waals surface area contributed by atoms with Gasteiger partial charge in [0.1, 0.15) is 0 Å². The van der Waals surface area contributed by atoms with Crippen molar-refractivity contribution < 1.29 is 2160 Å². The van der Waals surface area contributed by atoms with Gasteiger partial charge in [0, 0.05) is 2160 Å². The smallest absolute Gasteiger partial charge is 0 e. The summed E-state index contributed by atoms with van der Waals surface area (Å²) >= 11 is 0. The molecule has 0 unspecified atom stereocenters. The molecule has 0 aliphatic rings. The van der Waals surface area contributed by atoms with Gasteiger partial charge in [-0.2, -0.15) is 0 Å². The summed E-state index contributed by atoms with van der Waals surface area (Å²) in [4.78, 5) is 0. The van der Waals surface area contributed by atoms with Crippen LogP contribution < -0.4 is 0 Å². The zero-order chi connectivity index (χ0) is 0. The van der Waals surface area contributed by atoms with Crippen LogP contribution in [-0.2, 0) is 2160 Å². The summed E-state index contributed by atoms with van der Waals surface area (Å²) in [6, 6.07) is 0. The summed E-state index contributed by atoms with van der Waals surface area (Å²) in [5.74, 6) is 0. The molecule has 66 heteroatoms. The van der Waals surface area contributed by atoms with E-state index in [-0.39, 0.29) is 2170 Å². The van der Waals surface area contributed by atoms with E-state index in [1.165, 1.54) is 0 Å². The molecular weight excluding hydrogens is 5880 g/mol. The Kier molecular flexibility index (Phi) is 3770. The van der Waals surface area contributed by atoms with Gasteiger partial charge in [-0.1, -0.05) is 0 Å². The van der Waals surface area contributed by atoms with Crippen molar-refractivity contribution in [1.82, 2.24) is 0 Å². The summed E-state index contributed by atoms with van der Waals surface area (Å²) in [6.45, 7) is 0. The van der Waals surface area contributed by atoms with E-state index in [2.05, 4.69) is 0 Å². The average molecular weight is 5880 g/mol. The van der Waals surface area contributed by atoms with Gasteiger partial charge in [-0.25, -0.2) is 0 Å². The van der Waals surface area contributed by atoms with E-state index in [0.717, 1.165) is 0 Å². The SMILES string of the molecule is [CH3-].[Y].[Y].[Y].[Y].[Y].[Y].[Y].[Y].[Y].[Y].[Y].[Y].[Y].[Y].[Y].[Y].[Y].[Y].[Y].[Y].[Y].[Y].[Y].[Y].[Y].[Y].[Y].[Y].[Y].[Y].[Y].[Y].[Y].[Y].[Y].[Y].[Y].[Y].[Y].[Y].[Y].[Y].[Y].[Y].[Y].[Y].[Y].[Y].[Y].[Y].[Y].[Y].[Y].[Y].[Y].[Y].[Y].[Y].[Y].[Y].[Y].[Y].[Y].[Y].[Y].[Y]. The fraction of sp³-hybridized carbons (Fsp3) is 0. The van der Waals surface area contributed by atoms with Crippen LogP contribution in [0.4, 0.5) is 0 Å². The van der Waals surface area contributed by atoms with E-state index in [1.807, 2.05) is 0 Å². The van der Waals surface area contributed by atoms with Crippen LogP contribution in [0.15, 0.2) is 0 Å². The fourth-order valence-electron chi connectivity index (χ4n) is 0. The Hall–Kier alpha value is 72.9. The van der Waals surface area contributed by atoms with Gasteiger partial charge in [-0.15, -0.1) is 0 Å². The maximum atomic E-state index is 0. The maximum absolute atomic E-state index is 0. The maximum Gasteiger partial charge on any atom is 0 e. The van der Waals surface area contributed by atoms with Gasteiger partial charge in [0.2, 0.25) is 0 Å². The molecule has 66 radical (unpaired) electrons. The first kappa shape index (κ1) is 508. The Morgan fingerprint density at radius 2 is 0.0299 bits per heavy atom. The van der Waals surface area contributed by atoms with E-state index in [0.29, 0.717) is 0 Å². The van der Waals surface area contributed by atoms with Gasteiger partial charge in [-0.05, 0) is 0 Å². The predicted octanol–water partition coefficient (Wildman–Crippen LogP) is 0.285. The standard InChI is InChI=1S/CH3.66Y/h1H3;;;;;;;;;;;;;;;;;;;;;;;;;;;;;;;;;;;;;;;;;;;;;;;;;;;;;;;;;;;;;;;;;;/q-1;;;;;;;;;;;;;;;;;;;;;;;;;;;;;;;;;;;;;;;;;;;;;;;;;;;;;;;;;;;;;;;;;;. The van der Waals surface area contributed by atoms with E-state index in [1.54, 1.807) is 0 Å². The van der Waals surface area contributed by atoms with E-state index in [4.69, 9.17) is 0 Å². The molecule has 0 saturated heterocycles. The van der Waals surface area contributed by atoms with E-state index < -0.39 is 0 Å². The topological polar surface area (TPSA) is 0 Å². The fourth-order valence-corrected chi connectivity index (χ4v) is 0. The molecule has 0 aliphatic carbocycles. The molecule has 0 heterocycles. The van der Waals surface area contributed by atoms with Crippen LogP contribution in [-0.4, -0.2) is 0 Å². The summed E-state index contributed by atoms with van der Waals surface area (Å²) in [5, 5.41) is 0. The molecule has 67 heavy (non-hydrogen) atoms. The summed E-state index contributed by atoms with van der Waals surface area (Å²) in [5.41, 5.74) is 0. The number of rotatable bonds is 0. The van der Waals surface area contributed by atoms with E-state index >= 15 is 0 Å². The van der Waals surface area contributed by atoms with Crippen LogP contribution in [0.1, 0.15) is 0 Å². The zero-order valence-corrected chi connectivity index (χ0v) is 226. The molecule has 0 atom stereocenters. The van der Waals surface area contributed by atoms with Crippen molar-refractivity contribution in [3.05, 3.63) is 7.43 Å². The molecule has 206 valence electrons. The Balaban J connectivity index is 0. The van der Waals surface area contributed by atoms with Crippen LogP contribution in [0.2, 0.25) is 0 Å². The Morgan fingerprint density at radius 3 is 0.0299 bits per heavy atom. The largest absolute Gasteiger partial charge is 0.358 e. The summed E-state index contributed by atoms with van der Waals surface area (Å²) in [7, 11) is 0. The molecule has 0 N–H and O–H groups in total. The predicted molar refractivity (Wildman–Crippen MR) is 6.41 cm³/mol. The number of hydrogen-bond acceptors (Lipinski definition) is 0. The van der Waals surface area contributed by atoms with Crippen molar-refractivity contribution in [2.45, 2.75) is 0 Å².